The second kappa shape index (κ2) is 4.80. The number of rotatable bonds is 4. The highest BCUT2D eigenvalue weighted by Crippen LogP contribution is 1.96. The summed E-state index contributed by atoms with van der Waals surface area (Å²) in [6.07, 6.45) is 5.36. The lowest BCUT2D eigenvalue weighted by Gasteiger charge is -1.99. The number of H-pyrrole nitrogens is 1. The Balaban J connectivity index is 2.85. The van der Waals surface area contributed by atoms with Gasteiger partial charge in [-0.15, -0.1) is 0 Å². The number of aryl methyl sites for hydroxylation is 2. The van der Waals surface area contributed by atoms with E-state index in [1.54, 1.807) is 6.20 Å². The summed E-state index contributed by atoms with van der Waals surface area (Å²) in [5.41, 5.74) is 0.822. The van der Waals surface area contributed by atoms with Gasteiger partial charge in [-0.1, -0.05) is 20.3 Å². The molecule has 72 valence electrons. The van der Waals surface area contributed by atoms with Crippen molar-refractivity contribution in [2.45, 2.75) is 39.5 Å². The Labute approximate surface area is 78.2 Å². The number of hydrogen-bond acceptors (Lipinski definition) is 2. The zero-order chi connectivity index (χ0) is 9.68. The molecule has 0 aliphatic heterocycles. The van der Waals surface area contributed by atoms with Crippen molar-refractivity contribution in [3.63, 3.8) is 0 Å². The molecule has 0 bridgehead atoms. The fourth-order valence-corrected chi connectivity index (χ4v) is 1.27. The standard InChI is InChI=1S/C10H16N2O/c1-3-5-8-7-11-9(6-4-2)12-10(8)13/h7H,3-6H2,1-2H3,(H,11,12,13). The largest absolute Gasteiger partial charge is 0.310 e. The summed E-state index contributed by atoms with van der Waals surface area (Å²) in [6.45, 7) is 4.12. The molecule has 1 aromatic heterocycles. The molecule has 0 saturated heterocycles. The quantitative estimate of drug-likeness (QED) is 0.766. The first-order chi connectivity index (χ1) is 6.27. The van der Waals surface area contributed by atoms with E-state index >= 15 is 0 Å². The molecule has 0 unspecified atom stereocenters. The van der Waals surface area contributed by atoms with Gasteiger partial charge in [0.05, 0.1) is 0 Å². The van der Waals surface area contributed by atoms with E-state index in [9.17, 15) is 4.79 Å². The van der Waals surface area contributed by atoms with Gasteiger partial charge in [-0.3, -0.25) is 4.79 Å². The van der Waals surface area contributed by atoms with Crippen LogP contribution in [0.1, 0.15) is 38.1 Å². The Morgan fingerprint density at radius 1 is 1.31 bits per heavy atom. The number of aromatic amines is 1. The minimum atomic E-state index is 0.0281. The summed E-state index contributed by atoms with van der Waals surface area (Å²) in [6, 6.07) is 0. The molecule has 13 heavy (non-hydrogen) atoms. The maximum Gasteiger partial charge on any atom is 0.254 e. The molecular weight excluding hydrogens is 164 g/mol. The lowest BCUT2D eigenvalue weighted by atomic mass is 10.2. The molecule has 0 aliphatic carbocycles. The smallest absolute Gasteiger partial charge is 0.254 e. The molecule has 0 aliphatic rings. The lowest BCUT2D eigenvalue weighted by molar-refractivity contribution is 0.801. The molecule has 0 saturated carbocycles. The maximum absolute atomic E-state index is 11.4. The van der Waals surface area contributed by atoms with Crippen molar-refractivity contribution in [1.82, 2.24) is 9.97 Å². The van der Waals surface area contributed by atoms with Crippen molar-refractivity contribution in [3.05, 3.63) is 27.9 Å². The van der Waals surface area contributed by atoms with Crippen LogP contribution in [0.3, 0.4) is 0 Å². The first-order valence-corrected chi connectivity index (χ1v) is 4.85. The van der Waals surface area contributed by atoms with E-state index in [1.165, 1.54) is 0 Å². The predicted molar refractivity (Wildman–Crippen MR) is 52.8 cm³/mol. The highest BCUT2D eigenvalue weighted by atomic mass is 16.1. The van der Waals surface area contributed by atoms with E-state index in [1.807, 2.05) is 0 Å². The number of nitrogens with zero attached hydrogens (tertiary/aromatic N) is 1. The first-order valence-electron chi connectivity index (χ1n) is 4.85. The van der Waals surface area contributed by atoms with Gasteiger partial charge < -0.3 is 4.98 Å². The Kier molecular flexibility index (Phi) is 3.68. The molecular formula is C10H16N2O. The summed E-state index contributed by atoms with van der Waals surface area (Å²) in [5, 5.41) is 0. The summed E-state index contributed by atoms with van der Waals surface area (Å²) in [7, 11) is 0. The zero-order valence-corrected chi connectivity index (χ0v) is 8.26. The molecule has 1 N–H and O–H groups in total. The minimum absolute atomic E-state index is 0.0281. The van der Waals surface area contributed by atoms with Gasteiger partial charge in [-0.25, -0.2) is 4.98 Å². The molecule has 1 rings (SSSR count). The summed E-state index contributed by atoms with van der Waals surface area (Å²) < 4.78 is 0. The van der Waals surface area contributed by atoms with Crippen molar-refractivity contribution in [2.24, 2.45) is 0 Å². The Bertz CT molecular complexity index is 317. The normalized spacial score (nSPS) is 10.3. The Hall–Kier alpha value is -1.12. The van der Waals surface area contributed by atoms with Crippen LogP contribution in [0.4, 0.5) is 0 Å². The molecule has 0 aromatic carbocycles. The highest BCUT2D eigenvalue weighted by Gasteiger charge is 2.00. The Morgan fingerprint density at radius 2 is 2.00 bits per heavy atom. The molecule has 0 fully saturated rings. The Morgan fingerprint density at radius 3 is 2.54 bits per heavy atom. The summed E-state index contributed by atoms with van der Waals surface area (Å²) in [4.78, 5) is 18.4. The fraction of sp³-hybridized carbons (Fsp3) is 0.600. The van der Waals surface area contributed by atoms with Gasteiger partial charge >= 0.3 is 0 Å². The monoisotopic (exact) mass is 180 g/mol. The lowest BCUT2D eigenvalue weighted by Crippen LogP contribution is -2.15. The van der Waals surface area contributed by atoms with E-state index in [0.717, 1.165) is 37.1 Å². The van der Waals surface area contributed by atoms with Gasteiger partial charge in [-0.05, 0) is 12.8 Å². The average Bonchev–Trinajstić information content (AvgIpc) is 2.10. The fourth-order valence-electron chi connectivity index (χ4n) is 1.27. The van der Waals surface area contributed by atoms with Crippen LogP contribution >= 0.6 is 0 Å². The minimum Gasteiger partial charge on any atom is -0.310 e. The number of hydrogen-bond donors (Lipinski definition) is 1. The van der Waals surface area contributed by atoms with Gasteiger partial charge in [0.25, 0.3) is 5.56 Å². The predicted octanol–water partition coefficient (Wildman–Crippen LogP) is 1.67. The van der Waals surface area contributed by atoms with Gasteiger partial charge in [0.2, 0.25) is 0 Å². The van der Waals surface area contributed by atoms with Gasteiger partial charge in [0, 0.05) is 18.2 Å². The van der Waals surface area contributed by atoms with Crippen LogP contribution in [-0.4, -0.2) is 9.97 Å². The first kappa shape index (κ1) is 9.96. The van der Waals surface area contributed by atoms with Crippen LogP contribution in [-0.2, 0) is 12.8 Å². The van der Waals surface area contributed by atoms with Gasteiger partial charge in [0.15, 0.2) is 0 Å². The molecule has 0 atom stereocenters. The molecule has 1 aromatic rings. The average molecular weight is 180 g/mol. The van der Waals surface area contributed by atoms with E-state index in [2.05, 4.69) is 23.8 Å². The maximum atomic E-state index is 11.4. The van der Waals surface area contributed by atoms with Crippen LogP contribution < -0.4 is 5.56 Å². The second-order valence-electron chi connectivity index (χ2n) is 3.18. The van der Waals surface area contributed by atoms with E-state index in [4.69, 9.17) is 0 Å². The molecule has 1 heterocycles. The second-order valence-corrected chi connectivity index (χ2v) is 3.18. The van der Waals surface area contributed by atoms with E-state index < -0.39 is 0 Å². The van der Waals surface area contributed by atoms with Crippen LogP contribution in [0.2, 0.25) is 0 Å². The van der Waals surface area contributed by atoms with Gasteiger partial charge in [0.1, 0.15) is 5.82 Å². The van der Waals surface area contributed by atoms with Crippen molar-refractivity contribution in [2.75, 3.05) is 0 Å². The van der Waals surface area contributed by atoms with Crippen LogP contribution in [0.15, 0.2) is 11.0 Å². The molecule has 0 radical (unpaired) electrons. The highest BCUT2D eigenvalue weighted by molar-refractivity contribution is 5.05. The van der Waals surface area contributed by atoms with Crippen molar-refractivity contribution in [1.29, 1.82) is 0 Å². The molecule has 3 heteroatoms. The van der Waals surface area contributed by atoms with Crippen molar-refractivity contribution >= 4 is 0 Å². The molecule has 3 nitrogen and oxygen atoms in total. The molecule has 0 spiro atoms. The van der Waals surface area contributed by atoms with Crippen LogP contribution in [0.5, 0.6) is 0 Å². The SMILES string of the molecule is CCCc1ncc(CCC)c(=O)[nH]1. The van der Waals surface area contributed by atoms with Crippen molar-refractivity contribution in [3.8, 4) is 0 Å². The number of nitrogens with one attached hydrogen (secondary N) is 1. The topological polar surface area (TPSA) is 45.8 Å². The van der Waals surface area contributed by atoms with Crippen LogP contribution in [0.25, 0.3) is 0 Å². The van der Waals surface area contributed by atoms with Crippen molar-refractivity contribution < 1.29 is 0 Å². The summed E-state index contributed by atoms with van der Waals surface area (Å²) in [5.74, 6) is 0.798. The third kappa shape index (κ3) is 2.68. The van der Waals surface area contributed by atoms with E-state index in [0.29, 0.717) is 0 Å². The number of aromatic nitrogens is 2. The third-order valence-electron chi connectivity index (χ3n) is 1.93. The molecule has 0 amide bonds. The van der Waals surface area contributed by atoms with Crippen LogP contribution in [0, 0.1) is 0 Å². The zero-order valence-electron chi connectivity index (χ0n) is 8.26. The van der Waals surface area contributed by atoms with E-state index in [-0.39, 0.29) is 5.56 Å². The summed E-state index contributed by atoms with van der Waals surface area (Å²) >= 11 is 0. The van der Waals surface area contributed by atoms with Gasteiger partial charge in [-0.2, -0.15) is 0 Å². The third-order valence-corrected chi connectivity index (χ3v) is 1.93.